The molecule has 0 aliphatic carbocycles. The first kappa shape index (κ1) is 6.63. The number of hydrogen-bond acceptors (Lipinski definition) is 1. The van der Waals surface area contributed by atoms with Crippen LogP contribution in [0.4, 0.5) is 4.39 Å². The molecule has 0 saturated carbocycles. The van der Waals surface area contributed by atoms with E-state index in [1.165, 1.54) is 18.3 Å². The Labute approximate surface area is 58.1 Å². The van der Waals surface area contributed by atoms with Gasteiger partial charge in [0.1, 0.15) is 11.9 Å². The molecule has 0 unspecified atom stereocenters. The van der Waals surface area contributed by atoms with Gasteiger partial charge in [-0.1, -0.05) is 0 Å². The molecule has 50 valence electrons. The molecule has 1 aromatic rings. The third kappa shape index (κ3) is 1.49. The average molecular weight is 136 g/mol. The van der Waals surface area contributed by atoms with E-state index in [4.69, 9.17) is 5.11 Å². The lowest BCUT2D eigenvalue weighted by Gasteiger charge is -1.88. The molecule has 0 bridgehead atoms. The monoisotopic (exact) mass is 136 g/mol. The third-order valence-corrected chi connectivity index (χ3v) is 1.06. The van der Waals surface area contributed by atoms with Gasteiger partial charge in [-0.15, -0.1) is 4.39 Å². The molecule has 2 heteroatoms. The lowest BCUT2D eigenvalue weighted by Crippen LogP contribution is -1.70. The zero-order chi connectivity index (χ0) is 7.40. The molecule has 1 rings (SSSR count). The number of rotatable bonds is 0. The van der Waals surface area contributed by atoms with Crippen LogP contribution in [0.15, 0.2) is 24.3 Å². The lowest BCUT2D eigenvalue weighted by atomic mass is 10.2. The maximum absolute atomic E-state index is 11.4. The van der Waals surface area contributed by atoms with Gasteiger partial charge in [-0.3, -0.25) is 0 Å². The Morgan fingerprint density at radius 1 is 1.20 bits per heavy atom. The van der Waals surface area contributed by atoms with E-state index >= 15 is 0 Å². The van der Waals surface area contributed by atoms with Gasteiger partial charge in [-0.25, -0.2) is 0 Å². The van der Waals surface area contributed by atoms with Crippen LogP contribution in [0.3, 0.4) is 0 Å². The van der Waals surface area contributed by atoms with Crippen molar-refractivity contribution in [3.63, 3.8) is 0 Å². The first-order valence-corrected chi connectivity index (χ1v) is 2.73. The lowest BCUT2D eigenvalue weighted by molar-refractivity contribution is 0.475. The second-order valence-corrected chi connectivity index (χ2v) is 1.77. The number of phenols is 1. The first-order chi connectivity index (χ1) is 4.83. The van der Waals surface area contributed by atoms with Gasteiger partial charge in [-0.2, -0.15) is 0 Å². The quantitative estimate of drug-likeness (QED) is 0.538. The van der Waals surface area contributed by atoms with Gasteiger partial charge in [0.25, 0.3) is 0 Å². The fourth-order valence-electron chi connectivity index (χ4n) is 0.599. The van der Waals surface area contributed by atoms with E-state index in [9.17, 15) is 4.39 Å². The molecule has 1 aromatic carbocycles. The van der Waals surface area contributed by atoms with Crippen molar-refractivity contribution in [3.8, 4) is 17.8 Å². The second kappa shape index (κ2) is 2.88. The van der Waals surface area contributed by atoms with Crippen LogP contribution in [0, 0.1) is 12.1 Å². The van der Waals surface area contributed by atoms with Crippen molar-refractivity contribution in [2.24, 2.45) is 0 Å². The predicted octanol–water partition coefficient (Wildman–Crippen LogP) is 1.67. The molecule has 1 N–H and O–H groups in total. The minimum absolute atomic E-state index is 0.157. The van der Waals surface area contributed by atoms with E-state index in [2.05, 4.69) is 5.92 Å². The van der Waals surface area contributed by atoms with E-state index in [0.717, 1.165) is 0 Å². The van der Waals surface area contributed by atoms with E-state index in [-0.39, 0.29) is 5.75 Å². The van der Waals surface area contributed by atoms with Crippen LogP contribution in [0.2, 0.25) is 0 Å². The summed E-state index contributed by atoms with van der Waals surface area (Å²) in [4.78, 5) is 0. The summed E-state index contributed by atoms with van der Waals surface area (Å²) in [6.45, 7) is 0. The minimum atomic E-state index is 0.157. The molecule has 0 aliphatic heterocycles. The molecule has 0 aliphatic rings. The van der Waals surface area contributed by atoms with Gasteiger partial charge in [0, 0.05) is 5.56 Å². The van der Waals surface area contributed by atoms with Crippen molar-refractivity contribution in [2.45, 2.75) is 0 Å². The van der Waals surface area contributed by atoms with E-state index < -0.39 is 0 Å². The molecule has 0 fully saturated rings. The summed E-state index contributed by atoms with van der Waals surface area (Å²) in [6.07, 6.45) is 1.27. The highest BCUT2D eigenvalue weighted by molar-refractivity contribution is 5.36. The van der Waals surface area contributed by atoms with Gasteiger partial charge in [0.15, 0.2) is 0 Å². The van der Waals surface area contributed by atoms with Crippen molar-refractivity contribution in [1.82, 2.24) is 0 Å². The molecule has 1 nitrogen and oxygen atoms in total. The molecule has 10 heavy (non-hydrogen) atoms. The number of halogens is 1. The zero-order valence-electron chi connectivity index (χ0n) is 5.13. The maximum atomic E-state index is 11.4. The summed E-state index contributed by atoms with van der Waals surface area (Å²) >= 11 is 0. The van der Waals surface area contributed by atoms with Crippen LogP contribution < -0.4 is 0 Å². The molecule has 0 atom stereocenters. The molecule has 0 aromatic heterocycles. The van der Waals surface area contributed by atoms with Crippen molar-refractivity contribution >= 4 is 0 Å². The Hall–Kier alpha value is -1.49. The zero-order valence-corrected chi connectivity index (χ0v) is 5.13. The van der Waals surface area contributed by atoms with E-state index in [1.807, 2.05) is 0 Å². The Bertz CT molecular complexity index is 266. The van der Waals surface area contributed by atoms with Crippen LogP contribution in [0.1, 0.15) is 5.56 Å². The smallest absolute Gasteiger partial charge is 0.115 e. The molecular weight excluding hydrogens is 131 g/mol. The van der Waals surface area contributed by atoms with Gasteiger partial charge in [0.2, 0.25) is 0 Å². The van der Waals surface area contributed by atoms with Gasteiger partial charge in [0.05, 0.1) is 0 Å². The number of aromatic hydroxyl groups is 1. The maximum Gasteiger partial charge on any atom is 0.115 e. The third-order valence-electron chi connectivity index (χ3n) is 1.06. The topological polar surface area (TPSA) is 20.2 Å². The van der Waals surface area contributed by atoms with E-state index in [1.54, 1.807) is 12.1 Å². The van der Waals surface area contributed by atoms with Gasteiger partial charge < -0.3 is 5.11 Å². The summed E-state index contributed by atoms with van der Waals surface area (Å²) in [5, 5.41) is 8.78. The Morgan fingerprint density at radius 2 is 1.80 bits per heavy atom. The summed E-state index contributed by atoms with van der Waals surface area (Å²) in [5.74, 6) is 2.36. The van der Waals surface area contributed by atoms with Gasteiger partial charge in [-0.05, 0) is 30.2 Å². The first-order valence-electron chi connectivity index (χ1n) is 2.73. The molecule has 0 radical (unpaired) electrons. The normalized spacial score (nSPS) is 8.10. The molecule has 0 spiro atoms. The molecule has 0 heterocycles. The van der Waals surface area contributed by atoms with Crippen LogP contribution in [-0.4, -0.2) is 5.11 Å². The second-order valence-electron chi connectivity index (χ2n) is 1.77. The highest BCUT2D eigenvalue weighted by Gasteiger charge is 1.86. The average Bonchev–Trinajstić information content (AvgIpc) is 1.95. The van der Waals surface area contributed by atoms with Crippen molar-refractivity contribution in [3.05, 3.63) is 29.8 Å². The fourth-order valence-corrected chi connectivity index (χ4v) is 0.599. The van der Waals surface area contributed by atoms with Crippen LogP contribution in [-0.2, 0) is 0 Å². The van der Waals surface area contributed by atoms with Crippen LogP contribution in [0.25, 0.3) is 0 Å². The standard InChI is InChI=1S/C8H5FO/c9-6-5-7-1-3-8(10)4-2-7/h1-4,10H. The van der Waals surface area contributed by atoms with Crippen LogP contribution >= 0.6 is 0 Å². The minimum Gasteiger partial charge on any atom is -0.508 e. The molecular formula is C8H5FO. The summed E-state index contributed by atoms with van der Waals surface area (Å²) in [5.41, 5.74) is 0.556. The number of phenolic OH excluding ortho intramolecular Hbond substituents is 1. The highest BCUT2D eigenvalue weighted by Crippen LogP contribution is 2.07. The predicted molar refractivity (Wildman–Crippen MR) is 36.1 cm³/mol. The number of benzene rings is 1. The van der Waals surface area contributed by atoms with Gasteiger partial charge >= 0.3 is 0 Å². The molecule has 0 saturated heterocycles. The van der Waals surface area contributed by atoms with E-state index in [0.29, 0.717) is 5.56 Å². The summed E-state index contributed by atoms with van der Waals surface area (Å²) < 4.78 is 11.4. The SMILES string of the molecule is Oc1ccc(C#CF)cc1. The summed E-state index contributed by atoms with van der Waals surface area (Å²) in [7, 11) is 0. The highest BCUT2D eigenvalue weighted by atomic mass is 19.1. The largest absolute Gasteiger partial charge is 0.508 e. The van der Waals surface area contributed by atoms with Crippen molar-refractivity contribution in [1.29, 1.82) is 0 Å². The number of hydrogen-bond donors (Lipinski definition) is 1. The Morgan fingerprint density at radius 3 is 2.30 bits per heavy atom. The Balaban J connectivity index is 2.97. The molecule has 0 amide bonds. The fraction of sp³-hybridized carbons (Fsp3) is 0. The van der Waals surface area contributed by atoms with Crippen molar-refractivity contribution < 1.29 is 9.50 Å². The Kier molecular flexibility index (Phi) is 1.91. The van der Waals surface area contributed by atoms with Crippen molar-refractivity contribution in [2.75, 3.05) is 0 Å². The van der Waals surface area contributed by atoms with Crippen LogP contribution in [0.5, 0.6) is 5.75 Å². The summed E-state index contributed by atoms with van der Waals surface area (Å²) in [6, 6.07) is 6.00.